The van der Waals surface area contributed by atoms with Crippen LogP contribution in [-0.4, -0.2) is 23.2 Å². The molecule has 2 aromatic rings. The summed E-state index contributed by atoms with van der Waals surface area (Å²) in [6.45, 7) is 2.03. The SMILES string of the molecule is Cl.c1ccc(-c2noc([C@H]3CCCNC3)n2)cc1. The number of nitrogens with zero attached hydrogens (tertiary/aromatic N) is 2. The zero-order chi connectivity index (χ0) is 11.5. The Labute approximate surface area is 112 Å². The molecule has 3 rings (SSSR count). The van der Waals surface area contributed by atoms with Gasteiger partial charge in [0, 0.05) is 12.1 Å². The molecule has 0 radical (unpaired) electrons. The molecule has 1 aromatic carbocycles. The summed E-state index contributed by atoms with van der Waals surface area (Å²) < 4.78 is 5.36. The largest absolute Gasteiger partial charge is 0.339 e. The maximum Gasteiger partial charge on any atom is 0.231 e. The van der Waals surface area contributed by atoms with Gasteiger partial charge < -0.3 is 9.84 Å². The van der Waals surface area contributed by atoms with E-state index in [1.165, 1.54) is 6.42 Å². The molecule has 0 aliphatic carbocycles. The number of nitrogens with one attached hydrogen (secondary N) is 1. The van der Waals surface area contributed by atoms with Gasteiger partial charge in [0.2, 0.25) is 11.7 Å². The monoisotopic (exact) mass is 265 g/mol. The Morgan fingerprint density at radius 3 is 2.78 bits per heavy atom. The summed E-state index contributed by atoms with van der Waals surface area (Å²) in [5, 5.41) is 7.40. The zero-order valence-corrected chi connectivity index (χ0v) is 10.8. The Morgan fingerprint density at radius 2 is 2.06 bits per heavy atom. The summed E-state index contributed by atoms with van der Waals surface area (Å²) in [6.07, 6.45) is 2.30. The summed E-state index contributed by atoms with van der Waals surface area (Å²) >= 11 is 0. The van der Waals surface area contributed by atoms with Crippen molar-refractivity contribution in [3.8, 4) is 11.4 Å². The van der Waals surface area contributed by atoms with Crippen LogP contribution < -0.4 is 5.32 Å². The molecule has 1 atom stereocenters. The van der Waals surface area contributed by atoms with Crippen molar-refractivity contribution in [3.63, 3.8) is 0 Å². The highest BCUT2D eigenvalue weighted by molar-refractivity contribution is 5.85. The molecule has 2 heterocycles. The molecule has 0 saturated carbocycles. The van der Waals surface area contributed by atoms with E-state index in [2.05, 4.69) is 15.5 Å². The molecule has 1 aliphatic heterocycles. The number of benzene rings is 1. The molecule has 1 N–H and O–H groups in total. The number of aromatic nitrogens is 2. The van der Waals surface area contributed by atoms with E-state index in [0.29, 0.717) is 11.7 Å². The fourth-order valence-corrected chi connectivity index (χ4v) is 2.17. The van der Waals surface area contributed by atoms with Crippen molar-refractivity contribution >= 4 is 12.4 Å². The van der Waals surface area contributed by atoms with Crippen LogP contribution in [0.4, 0.5) is 0 Å². The van der Waals surface area contributed by atoms with Crippen molar-refractivity contribution < 1.29 is 4.52 Å². The predicted octanol–water partition coefficient (Wildman–Crippen LogP) is 2.63. The van der Waals surface area contributed by atoms with E-state index >= 15 is 0 Å². The molecule has 0 spiro atoms. The average molecular weight is 266 g/mol. The van der Waals surface area contributed by atoms with Gasteiger partial charge in [-0.1, -0.05) is 35.5 Å². The fraction of sp³-hybridized carbons (Fsp3) is 0.385. The van der Waals surface area contributed by atoms with Gasteiger partial charge in [0.25, 0.3) is 0 Å². The maximum absolute atomic E-state index is 5.36. The normalized spacial score (nSPS) is 19.2. The van der Waals surface area contributed by atoms with Gasteiger partial charge in [0.1, 0.15) is 0 Å². The standard InChI is InChI=1S/C13H15N3O.ClH/c1-2-5-10(6-3-1)12-15-13(17-16-12)11-7-4-8-14-9-11;/h1-3,5-6,11,14H,4,7-9H2;1H/t11-;/m0./s1. The van der Waals surface area contributed by atoms with E-state index in [1.807, 2.05) is 30.3 Å². The first-order valence-electron chi connectivity index (χ1n) is 6.03. The molecule has 96 valence electrons. The quantitative estimate of drug-likeness (QED) is 0.907. The summed E-state index contributed by atoms with van der Waals surface area (Å²) in [6, 6.07) is 9.93. The molecule has 1 aliphatic rings. The van der Waals surface area contributed by atoms with Crippen molar-refractivity contribution in [2.45, 2.75) is 18.8 Å². The second-order valence-electron chi connectivity index (χ2n) is 4.37. The van der Waals surface area contributed by atoms with Gasteiger partial charge in [-0.3, -0.25) is 0 Å². The second kappa shape index (κ2) is 5.98. The number of hydrogen-bond acceptors (Lipinski definition) is 4. The van der Waals surface area contributed by atoms with E-state index in [1.54, 1.807) is 0 Å². The van der Waals surface area contributed by atoms with Gasteiger partial charge in [-0.2, -0.15) is 4.98 Å². The van der Waals surface area contributed by atoms with Gasteiger partial charge in [-0.25, -0.2) is 0 Å². The Kier molecular flexibility index (Phi) is 4.33. The maximum atomic E-state index is 5.36. The van der Waals surface area contributed by atoms with E-state index in [9.17, 15) is 0 Å². The van der Waals surface area contributed by atoms with Crippen LogP contribution in [0.2, 0.25) is 0 Å². The Bertz CT molecular complexity index is 480. The molecule has 18 heavy (non-hydrogen) atoms. The first-order valence-corrected chi connectivity index (χ1v) is 6.03. The zero-order valence-electron chi connectivity index (χ0n) is 10.0. The topological polar surface area (TPSA) is 51.0 Å². The molecule has 0 unspecified atom stereocenters. The van der Waals surface area contributed by atoms with Crippen LogP contribution in [-0.2, 0) is 0 Å². The number of hydrogen-bond donors (Lipinski definition) is 1. The van der Waals surface area contributed by atoms with Gasteiger partial charge in [0.05, 0.1) is 5.92 Å². The minimum atomic E-state index is 0. The van der Waals surface area contributed by atoms with Crippen molar-refractivity contribution in [1.82, 2.24) is 15.5 Å². The van der Waals surface area contributed by atoms with E-state index in [4.69, 9.17) is 4.52 Å². The molecule has 0 bridgehead atoms. The number of piperidine rings is 1. The third-order valence-corrected chi connectivity index (χ3v) is 3.12. The molecule has 5 heteroatoms. The van der Waals surface area contributed by atoms with E-state index < -0.39 is 0 Å². The molecule has 0 amide bonds. The first-order chi connectivity index (χ1) is 8.43. The van der Waals surface area contributed by atoms with Gasteiger partial charge in [-0.15, -0.1) is 12.4 Å². The summed E-state index contributed by atoms with van der Waals surface area (Å²) in [7, 11) is 0. The first kappa shape index (κ1) is 13.1. The highest BCUT2D eigenvalue weighted by Gasteiger charge is 2.21. The summed E-state index contributed by atoms with van der Waals surface area (Å²) in [4.78, 5) is 4.49. The Hall–Kier alpha value is -1.39. The lowest BCUT2D eigenvalue weighted by Crippen LogP contribution is -2.28. The van der Waals surface area contributed by atoms with Crippen molar-refractivity contribution in [1.29, 1.82) is 0 Å². The molecule has 1 fully saturated rings. The van der Waals surface area contributed by atoms with Crippen LogP contribution in [0.1, 0.15) is 24.7 Å². The van der Waals surface area contributed by atoms with Gasteiger partial charge >= 0.3 is 0 Å². The van der Waals surface area contributed by atoms with Crippen molar-refractivity contribution in [2.75, 3.05) is 13.1 Å². The highest BCUT2D eigenvalue weighted by Crippen LogP contribution is 2.24. The highest BCUT2D eigenvalue weighted by atomic mass is 35.5. The van der Waals surface area contributed by atoms with Crippen LogP contribution >= 0.6 is 12.4 Å². The molecule has 4 nitrogen and oxygen atoms in total. The van der Waals surface area contributed by atoms with Crippen molar-refractivity contribution in [3.05, 3.63) is 36.2 Å². The second-order valence-corrected chi connectivity index (χ2v) is 4.37. The molecular weight excluding hydrogens is 250 g/mol. The lowest BCUT2D eigenvalue weighted by Gasteiger charge is -2.18. The third kappa shape index (κ3) is 2.71. The van der Waals surface area contributed by atoms with Crippen LogP contribution in [0.15, 0.2) is 34.9 Å². The number of rotatable bonds is 2. The van der Waals surface area contributed by atoms with Gasteiger partial charge in [-0.05, 0) is 19.4 Å². The summed E-state index contributed by atoms with van der Waals surface area (Å²) in [5.41, 5.74) is 1.01. The smallest absolute Gasteiger partial charge is 0.231 e. The van der Waals surface area contributed by atoms with Crippen LogP contribution in [0.25, 0.3) is 11.4 Å². The molecule has 1 saturated heterocycles. The molecule has 1 aromatic heterocycles. The van der Waals surface area contributed by atoms with E-state index in [0.717, 1.165) is 31.0 Å². The Morgan fingerprint density at radius 1 is 1.22 bits per heavy atom. The van der Waals surface area contributed by atoms with Crippen LogP contribution in [0.5, 0.6) is 0 Å². The molecular formula is C13H16ClN3O. The van der Waals surface area contributed by atoms with Gasteiger partial charge in [0.15, 0.2) is 0 Å². The fourth-order valence-electron chi connectivity index (χ4n) is 2.17. The predicted molar refractivity (Wildman–Crippen MR) is 71.8 cm³/mol. The Balaban J connectivity index is 0.00000120. The minimum Gasteiger partial charge on any atom is -0.339 e. The third-order valence-electron chi connectivity index (χ3n) is 3.12. The van der Waals surface area contributed by atoms with Crippen LogP contribution in [0, 0.1) is 0 Å². The van der Waals surface area contributed by atoms with E-state index in [-0.39, 0.29) is 12.4 Å². The average Bonchev–Trinajstić information content (AvgIpc) is 2.90. The lowest BCUT2D eigenvalue weighted by atomic mass is 10.00. The number of halogens is 1. The van der Waals surface area contributed by atoms with Crippen molar-refractivity contribution in [2.24, 2.45) is 0 Å². The minimum absolute atomic E-state index is 0. The summed E-state index contributed by atoms with van der Waals surface area (Å²) in [5.74, 6) is 1.82. The lowest BCUT2D eigenvalue weighted by molar-refractivity contribution is 0.322. The van der Waals surface area contributed by atoms with Crippen LogP contribution in [0.3, 0.4) is 0 Å².